The van der Waals surface area contributed by atoms with Gasteiger partial charge in [0.25, 0.3) is 5.91 Å². The highest BCUT2D eigenvalue weighted by atomic mass is 35.5. The summed E-state index contributed by atoms with van der Waals surface area (Å²) in [5.74, 6) is 0.331. The summed E-state index contributed by atoms with van der Waals surface area (Å²) in [4.78, 5) is 12.7. The normalized spacial score (nSPS) is 10.3. The Morgan fingerprint density at radius 2 is 2.21 bits per heavy atom. The zero-order valence-electron chi connectivity index (χ0n) is 10.5. The molecular weight excluding hydrogens is 284 g/mol. The highest BCUT2D eigenvalue weighted by molar-refractivity contribution is 7.12. The fourth-order valence-electron chi connectivity index (χ4n) is 1.64. The van der Waals surface area contributed by atoms with Gasteiger partial charge >= 0.3 is 0 Å². The van der Waals surface area contributed by atoms with Crippen LogP contribution in [0.5, 0.6) is 5.75 Å². The first-order chi connectivity index (χ1) is 9.02. The maximum Gasteiger partial charge on any atom is 0.269 e. The number of carbonyl (C=O) groups excluding carboxylic acids is 1. The lowest BCUT2D eigenvalue weighted by Crippen LogP contribution is -2.12. The third-order valence-corrected chi connectivity index (χ3v) is 3.87. The van der Waals surface area contributed by atoms with Gasteiger partial charge in [-0.15, -0.1) is 11.3 Å². The number of amides is 1. The van der Waals surface area contributed by atoms with Gasteiger partial charge in [-0.25, -0.2) is 0 Å². The molecule has 0 radical (unpaired) electrons. The first-order valence-corrected chi connectivity index (χ1v) is 6.77. The predicted octanol–water partition coefficient (Wildman–Crippen LogP) is 3.55. The first-order valence-electron chi connectivity index (χ1n) is 5.51. The van der Waals surface area contributed by atoms with Crippen LogP contribution in [0.25, 0.3) is 0 Å². The Labute approximate surface area is 120 Å². The third kappa shape index (κ3) is 2.83. The second-order valence-electron chi connectivity index (χ2n) is 3.96. The van der Waals surface area contributed by atoms with E-state index in [-0.39, 0.29) is 5.91 Å². The molecule has 0 aliphatic heterocycles. The lowest BCUT2D eigenvalue weighted by Gasteiger charge is -2.10. The standard InChI is InChI=1S/C13H13ClN2O2S/c1-7-5-9(15)8(14)6-10(7)16-13(17)12-11(18-2)3-4-19-12/h3-6H,15H2,1-2H3,(H,16,17). The van der Waals surface area contributed by atoms with Crippen molar-refractivity contribution in [3.8, 4) is 5.75 Å². The molecule has 2 aromatic rings. The van der Waals surface area contributed by atoms with Gasteiger partial charge in [0.2, 0.25) is 0 Å². The van der Waals surface area contributed by atoms with Crippen molar-refractivity contribution in [2.45, 2.75) is 6.92 Å². The van der Waals surface area contributed by atoms with Gasteiger partial charge in [-0.05, 0) is 36.1 Å². The number of benzene rings is 1. The molecule has 6 heteroatoms. The van der Waals surface area contributed by atoms with E-state index in [1.807, 2.05) is 6.92 Å². The van der Waals surface area contributed by atoms with Gasteiger partial charge in [-0.1, -0.05) is 11.6 Å². The van der Waals surface area contributed by atoms with E-state index in [4.69, 9.17) is 22.1 Å². The Hall–Kier alpha value is -1.72. The molecule has 4 nitrogen and oxygen atoms in total. The van der Waals surface area contributed by atoms with E-state index in [1.165, 1.54) is 18.4 Å². The topological polar surface area (TPSA) is 64.3 Å². The minimum Gasteiger partial charge on any atom is -0.495 e. The number of nitrogens with two attached hydrogens (primary N) is 1. The number of aryl methyl sites for hydroxylation is 1. The maximum absolute atomic E-state index is 12.1. The van der Waals surface area contributed by atoms with Crippen molar-refractivity contribution in [3.63, 3.8) is 0 Å². The molecule has 0 unspecified atom stereocenters. The van der Waals surface area contributed by atoms with Crippen molar-refractivity contribution in [3.05, 3.63) is 39.0 Å². The van der Waals surface area contributed by atoms with Crippen LogP contribution < -0.4 is 15.8 Å². The summed E-state index contributed by atoms with van der Waals surface area (Å²) in [6.07, 6.45) is 0. The molecule has 1 heterocycles. The van der Waals surface area contributed by atoms with E-state index in [0.29, 0.717) is 27.0 Å². The van der Waals surface area contributed by atoms with E-state index in [1.54, 1.807) is 23.6 Å². The SMILES string of the molecule is COc1ccsc1C(=O)Nc1cc(Cl)c(N)cc1C. The van der Waals surface area contributed by atoms with E-state index < -0.39 is 0 Å². The van der Waals surface area contributed by atoms with Gasteiger partial charge in [-0.2, -0.15) is 0 Å². The van der Waals surface area contributed by atoms with Gasteiger partial charge in [0.15, 0.2) is 0 Å². The van der Waals surface area contributed by atoms with Gasteiger partial charge in [0.1, 0.15) is 10.6 Å². The summed E-state index contributed by atoms with van der Waals surface area (Å²) >= 11 is 7.27. The molecule has 0 fully saturated rings. The molecular formula is C13H13ClN2O2S. The molecule has 1 aromatic carbocycles. The Morgan fingerprint density at radius 3 is 2.89 bits per heavy atom. The number of anilines is 2. The molecule has 2 rings (SSSR count). The quantitative estimate of drug-likeness (QED) is 0.851. The number of methoxy groups -OCH3 is 1. The number of nitrogen functional groups attached to an aromatic ring is 1. The molecule has 100 valence electrons. The van der Waals surface area contributed by atoms with Crippen LogP contribution in [-0.4, -0.2) is 13.0 Å². The van der Waals surface area contributed by atoms with Crippen LogP contribution in [0.2, 0.25) is 5.02 Å². The van der Waals surface area contributed by atoms with Gasteiger partial charge < -0.3 is 15.8 Å². The second-order valence-corrected chi connectivity index (χ2v) is 5.28. The van der Waals surface area contributed by atoms with Crippen LogP contribution >= 0.6 is 22.9 Å². The van der Waals surface area contributed by atoms with E-state index >= 15 is 0 Å². The van der Waals surface area contributed by atoms with Gasteiger partial charge in [0, 0.05) is 5.69 Å². The molecule has 0 aliphatic rings. The first kappa shape index (κ1) is 13.7. The number of carbonyl (C=O) groups is 1. The molecule has 0 bridgehead atoms. The van der Waals surface area contributed by atoms with Crippen LogP contribution in [0.3, 0.4) is 0 Å². The fraction of sp³-hybridized carbons (Fsp3) is 0.154. The van der Waals surface area contributed by atoms with Gasteiger partial charge in [-0.3, -0.25) is 4.79 Å². The summed E-state index contributed by atoms with van der Waals surface area (Å²) in [6, 6.07) is 5.12. The highest BCUT2D eigenvalue weighted by Crippen LogP contribution is 2.29. The predicted molar refractivity (Wildman–Crippen MR) is 79.4 cm³/mol. The van der Waals surface area contributed by atoms with E-state index in [0.717, 1.165) is 5.56 Å². The molecule has 0 atom stereocenters. The average molecular weight is 297 g/mol. The van der Waals surface area contributed by atoms with Crippen LogP contribution in [0.4, 0.5) is 11.4 Å². The average Bonchev–Trinajstić information content (AvgIpc) is 2.84. The summed E-state index contributed by atoms with van der Waals surface area (Å²) in [6.45, 7) is 1.86. The molecule has 1 amide bonds. The number of nitrogens with one attached hydrogen (secondary N) is 1. The summed E-state index contributed by atoms with van der Waals surface area (Å²) in [7, 11) is 1.53. The van der Waals surface area contributed by atoms with Crippen LogP contribution in [0, 0.1) is 6.92 Å². The Kier molecular flexibility index (Phi) is 3.97. The molecule has 0 aliphatic carbocycles. The highest BCUT2D eigenvalue weighted by Gasteiger charge is 2.15. The molecule has 0 saturated heterocycles. The minimum atomic E-state index is -0.226. The summed E-state index contributed by atoms with van der Waals surface area (Å²) in [5.41, 5.74) is 7.68. The third-order valence-electron chi connectivity index (χ3n) is 2.65. The van der Waals surface area contributed by atoms with Crippen molar-refractivity contribution in [1.29, 1.82) is 0 Å². The van der Waals surface area contributed by atoms with Crippen molar-refractivity contribution >= 4 is 40.2 Å². The second kappa shape index (κ2) is 5.50. The smallest absolute Gasteiger partial charge is 0.269 e. The summed E-state index contributed by atoms with van der Waals surface area (Å²) < 4.78 is 5.12. The van der Waals surface area contributed by atoms with E-state index in [2.05, 4.69) is 5.32 Å². The molecule has 0 spiro atoms. The zero-order chi connectivity index (χ0) is 14.0. The van der Waals surface area contributed by atoms with Crippen LogP contribution in [-0.2, 0) is 0 Å². The van der Waals surface area contributed by atoms with Crippen LogP contribution in [0.15, 0.2) is 23.6 Å². The number of ether oxygens (including phenoxy) is 1. The molecule has 3 N–H and O–H groups in total. The molecule has 19 heavy (non-hydrogen) atoms. The number of halogens is 1. The number of rotatable bonds is 3. The molecule has 0 saturated carbocycles. The van der Waals surface area contributed by atoms with Crippen molar-refractivity contribution in [2.75, 3.05) is 18.2 Å². The van der Waals surface area contributed by atoms with Crippen LogP contribution in [0.1, 0.15) is 15.2 Å². The zero-order valence-corrected chi connectivity index (χ0v) is 12.1. The Morgan fingerprint density at radius 1 is 1.47 bits per heavy atom. The number of thiophene rings is 1. The Bertz CT molecular complexity index is 625. The van der Waals surface area contributed by atoms with E-state index in [9.17, 15) is 4.79 Å². The number of hydrogen-bond donors (Lipinski definition) is 2. The Balaban J connectivity index is 2.27. The van der Waals surface area contributed by atoms with Crippen molar-refractivity contribution < 1.29 is 9.53 Å². The lowest BCUT2D eigenvalue weighted by atomic mass is 10.1. The minimum absolute atomic E-state index is 0.226. The molecule has 1 aromatic heterocycles. The van der Waals surface area contributed by atoms with Gasteiger partial charge in [0.05, 0.1) is 17.8 Å². The summed E-state index contributed by atoms with van der Waals surface area (Å²) in [5, 5.41) is 5.02. The monoisotopic (exact) mass is 296 g/mol. The maximum atomic E-state index is 12.1. The fourth-order valence-corrected chi connectivity index (χ4v) is 2.56. The lowest BCUT2D eigenvalue weighted by molar-refractivity contribution is 0.102. The van der Waals surface area contributed by atoms with Crippen molar-refractivity contribution in [2.24, 2.45) is 0 Å². The largest absolute Gasteiger partial charge is 0.495 e. The van der Waals surface area contributed by atoms with Crippen molar-refractivity contribution in [1.82, 2.24) is 0 Å². The number of hydrogen-bond acceptors (Lipinski definition) is 4.